The van der Waals surface area contributed by atoms with Crippen molar-refractivity contribution >= 4 is 40.4 Å². The molecule has 0 radical (unpaired) electrons. The van der Waals surface area contributed by atoms with Gasteiger partial charge in [-0.15, -0.1) is 5.10 Å². The second kappa shape index (κ2) is 7.40. The largest absolute Gasteiger partial charge is 0.446 e. The number of aromatic nitrogens is 1. The van der Waals surface area contributed by atoms with Gasteiger partial charge in [0.05, 0.1) is 3.57 Å². The van der Waals surface area contributed by atoms with Gasteiger partial charge in [0, 0.05) is 36.9 Å². The summed E-state index contributed by atoms with van der Waals surface area (Å²) in [5.74, 6) is 0.151. The number of benzene rings is 1. The third kappa shape index (κ3) is 3.85. The maximum atomic E-state index is 12.0. The van der Waals surface area contributed by atoms with Gasteiger partial charge in [0.25, 0.3) is 0 Å². The van der Waals surface area contributed by atoms with Crippen LogP contribution in [0.4, 0.5) is 0 Å². The predicted octanol–water partition coefficient (Wildman–Crippen LogP) is 3.16. The number of carbonyl (C=O) groups excluding carboxylic acids is 2. The third-order valence-electron chi connectivity index (χ3n) is 3.62. The van der Waals surface area contributed by atoms with Crippen molar-refractivity contribution in [1.29, 1.82) is 0 Å². The molecule has 26 heavy (non-hydrogen) atoms. The lowest BCUT2D eigenvalue weighted by atomic mass is 10.2. The summed E-state index contributed by atoms with van der Waals surface area (Å²) < 4.78 is 11.8. The van der Waals surface area contributed by atoms with Gasteiger partial charge in [-0.3, -0.25) is 14.6 Å². The second-order valence-electron chi connectivity index (χ2n) is 5.71. The first kappa shape index (κ1) is 18.3. The summed E-state index contributed by atoms with van der Waals surface area (Å²) in [6.07, 6.45) is 1.00. The van der Waals surface area contributed by atoms with Gasteiger partial charge in [0.2, 0.25) is 18.0 Å². The Morgan fingerprint density at radius 3 is 2.58 bits per heavy atom. The van der Waals surface area contributed by atoms with E-state index < -0.39 is 6.23 Å². The number of aryl methyl sites for hydroxylation is 1. The number of amides is 1. The summed E-state index contributed by atoms with van der Waals surface area (Å²) in [6.45, 7) is 4.66. The molecule has 0 spiro atoms. The van der Waals surface area contributed by atoms with Crippen LogP contribution in [0.2, 0.25) is 0 Å². The highest BCUT2D eigenvalue weighted by Crippen LogP contribution is 2.31. The van der Waals surface area contributed by atoms with Crippen LogP contribution in [0.25, 0.3) is 0 Å². The van der Waals surface area contributed by atoms with E-state index in [1.54, 1.807) is 24.4 Å². The van der Waals surface area contributed by atoms with E-state index in [0.29, 0.717) is 17.2 Å². The molecule has 3 rings (SSSR count). The summed E-state index contributed by atoms with van der Waals surface area (Å²) in [6, 6.07) is 8.89. The fourth-order valence-corrected chi connectivity index (χ4v) is 3.02. The lowest BCUT2D eigenvalue weighted by Crippen LogP contribution is -2.25. The molecule has 0 saturated heterocycles. The smallest absolute Gasteiger partial charge is 0.308 e. The Balaban J connectivity index is 1.90. The van der Waals surface area contributed by atoms with E-state index in [1.165, 1.54) is 18.9 Å². The van der Waals surface area contributed by atoms with Crippen molar-refractivity contribution in [2.24, 2.45) is 5.10 Å². The van der Waals surface area contributed by atoms with Crippen LogP contribution in [0.15, 0.2) is 41.6 Å². The lowest BCUT2D eigenvalue weighted by Gasteiger charge is -2.19. The first-order chi connectivity index (χ1) is 12.3. The fourth-order valence-electron chi connectivity index (χ4n) is 2.40. The van der Waals surface area contributed by atoms with Gasteiger partial charge in [0.1, 0.15) is 5.75 Å². The zero-order valence-electron chi connectivity index (χ0n) is 14.4. The SMILES string of the molecule is CC(=O)Oc1ccc(C2=NN(C(C)=O)[C@@H](c3ccc(C)nc3)O2)cc1I. The average molecular weight is 465 g/mol. The van der Waals surface area contributed by atoms with Crippen LogP contribution < -0.4 is 4.74 Å². The molecule has 7 nitrogen and oxygen atoms in total. The molecule has 1 amide bonds. The van der Waals surface area contributed by atoms with Crippen molar-refractivity contribution in [2.75, 3.05) is 0 Å². The number of nitrogens with zero attached hydrogens (tertiary/aromatic N) is 3. The van der Waals surface area contributed by atoms with E-state index in [4.69, 9.17) is 9.47 Å². The minimum absolute atomic E-state index is 0.239. The van der Waals surface area contributed by atoms with Gasteiger partial charge >= 0.3 is 5.97 Å². The van der Waals surface area contributed by atoms with Crippen LogP contribution in [-0.2, 0) is 14.3 Å². The van der Waals surface area contributed by atoms with Gasteiger partial charge in [-0.05, 0) is 59.8 Å². The minimum atomic E-state index is -0.665. The highest BCUT2D eigenvalue weighted by Gasteiger charge is 2.33. The molecule has 2 aromatic rings. The predicted molar refractivity (Wildman–Crippen MR) is 102 cm³/mol. The molecule has 1 aromatic heterocycles. The van der Waals surface area contributed by atoms with Crippen molar-refractivity contribution in [2.45, 2.75) is 27.0 Å². The van der Waals surface area contributed by atoms with Crippen LogP contribution in [-0.4, -0.2) is 27.8 Å². The second-order valence-corrected chi connectivity index (χ2v) is 6.87. The fraction of sp³-hybridized carbons (Fsp3) is 0.222. The van der Waals surface area contributed by atoms with Crippen molar-refractivity contribution in [1.82, 2.24) is 9.99 Å². The standard InChI is InChI=1S/C18H16IN3O4/c1-10-4-5-14(9-20-10)18-22(11(2)23)21-17(26-18)13-6-7-16(15(19)8-13)25-12(3)24/h4-9,18H,1-3H3/t18-/m1/s1. The van der Waals surface area contributed by atoms with Gasteiger partial charge in [-0.2, -0.15) is 5.01 Å². The first-order valence-corrected chi connectivity index (χ1v) is 8.89. The van der Waals surface area contributed by atoms with E-state index >= 15 is 0 Å². The van der Waals surface area contributed by atoms with Crippen LogP contribution >= 0.6 is 22.6 Å². The van der Waals surface area contributed by atoms with Crippen LogP contribution in [0.3, 0.4) is 0 Å². The number of carbonyl (C=O) groups is 2. The zero-order chi connectivity index (χ0) is 18.8. The Bertz CT molecular complexity index is 896. The molecule has 0 aliphatic carbocycles. The molecule has 0 unspecified atom stereocenters. The van der Waals surface area contributed by atoms with E-state index in [-0.39, 0.29) is 11.9 Å². The number of halogens is 1. The van der Waals surface area contributed by atoms with Crippen LogP contribution in [0.5, 0.6) is 5.75 Å². The van der Waals surface area contributed by atoms with E-state index in [9.17, 15) is 9.59 Å². The van der Waals surface area contributed by atoms with Crippen molar-refractivity contribution < 1.29 is 19.1 Å². The Hall–Kier alpha value is -2.49. The number of hydrazone groups is 1. The van der Waals surface area contributed by atoms with Gasteiger partial charge in [0.15, 0.2) is 0 Å². The number of rotatable bonds is 3. The van der Waals surface area contributed by atoms with Crippen molar-refractivity contribution in [3.05, 3.63) is 56.9 Å². The zero-order valence-corrected chi connectivity index (χ0v) is 16.6. The third-order valence-corrected chi connectivity index (χ3v) is 4.46. The van der Waals surface area contributed by atoms with Gasteiger partial charge < -0.3 is 9.47 Å². The first-order valence-electron chi connectivity index (χ1n) is 7.81. The number of ether oxygens (including phenoxy) is 2. The molecule has 134 valence electrons. The summed E-state index contributed by atoms with van der Waals surface area (Å²) in [5, 5.41) is 5.60. The Labute approximate surface area is 164 Å². The topological polar surface area (TPSA) is 81.1 Å². The lowest BCUT2D eigenvalue weighted by molar-refractivity contribution is -0.135. The summed E-state index contributed by atoms with van der Waals surface area (Å²) in [7, 11) is 0. The van der Waals surface area contributed by atoms with E-state index in [0.717, 1.165) is 14.8 Å². The molecular formula is C18H16IN3O4. The Morgan fingerprint density at radius 2 is 2.00 bits per heavy atom. The normalized spacial score (nSPS) is 16.1. The number of hydrogen-bond donors (Lipinski definition) is 0. The molecule has 1 aliphatic heterocycles. The summed E-state index contributed by atoms with van der Waals surface area (Å²) >= 11 is 2.07. The van der Waals surface area contributed by atoms with Crippen molar-refractivity contribution in [3.8, 4) is 5.75 Å². The molecular weight excluding hydrogens is 449 g/mol. The number of hydrogen-bond acceptors (Lipinski definition) is 6. The molecule has 1 aliphatic rings. The minimum Gasteiger partial charge on any atom is -0.446 e. The maximum absolute atomic E-state index is 12.0. The Morgan fingerprint density at radius 1 is 1.23 bits per heavy atom. The molecule has 1 aromatic carbocycles. The average Bonchev–Trinajstić information content (AvgIpc) is 3.02. The summed E-state index contributed by atoms with van der Waals surface area (Å²) in [4.78, 5) is 27.3. The van der Waals surface area contributed by atoms with E-state index in [2.05, 4.69) is 32.7 Å². The summed E-state index contributed by atoms with van der Waals surface area (Å²) in [5.41, 5.74) is 2.28. The molecule has 0 fully saturated rings. The molecule has 0 saturated carbocycles. The maximum Gasteiger partial charge on any atom is 0.308 e. The quantitative estimate of drug-likeness (QED) is 0.395. The molecule has 2 heterocycles. The van der Waals surface area contributed by atoms with Crippen molar-refractivity contribution in [3.63, 3.8) is 0 Å². The molecule has 8 heteroatoms. The highest BCUT2D eigenvalue weighted by atomic mass is 127. The number of esters is 1. The number of pyridine rings is 1. The van der Waals surface area contributed by atoms with Crippen LogP contribution in [0, 0.1) is 10.5 Å². The molecule has 1 atom stereocenters. The van der Waals surface area contributed by atoms with E-state index in [1.807, 2.05) is 19.1 Å². The Kier molecular flexibility index (Phi) is 5.21. The molecule has 0 bridgehead atoms. The van der Waals surface area contributed by atoms with Gasteiger partial charge in [-0.1, -0.05) is 0 Å². The molecule has 0 N–H and O–H groups in total. The highest BCUT2D eigenvalue weighted by molar-refractivity contribution is 14.1. The van der Waals surface area contributed by atoms with Gasteiger partial charge in [-0.25, -0.2) is 0 Å². The van der Waals surface area contributed by atoms with Crippen LogP contribution in [0.1, 0.15) is 36.9 Å². The monoisotopic (exact) mass is 465 g/mol.